The molecule has 2 rings (SSSR count). The molecular weight excluding hydrogens is 277 g/mol. The van der Waals surface area contributed by atoms with Gasteiger partial charge in [0.15, 0.2) is 0 Å². The lowest BCUT2D eigenvalue weighted by molar-refractivity contribution is -0.122. The molecular formula is C15H20FNO2S. The third-order valence-corrected chi connectivity index (χ3v) is 4.50. The molecule has 3 nitrogen and oxygen atoms in total. The first kappa shape index (κ1) is 15.3. The average molecular weight is 297 g/mol. The van der Waals surface area contributed by atoms with Crippen molar-refractivity contribution in [2.24, 2.45) is 0 Å². The number of halogens is 1. The molecule has 5 heteroatoms. The van der Waals surface area contributed by atoms with Crippen molar-refractivity contribution in [2.45, 2.75) is 49.1 Å². The molecule has 0 aliphatic heterocycles. The first-order valence-corrected chi connectivity index (χ1v) is 7.99. The van der Waals surface area contributed by atoms with Gasteiger partial charge in [0.05, 0.1) is 12.1 Å². The second-order valence-electron chi connectivity index (χ2n) is 5.08. The number of aliphatic hydroxyl groups is 1. The van der Waals surface area contributed by atoms with Gasteiger partial charge in [0.2, 0.25) is 5.91 Å². The van der Waals surface area contributed by atoms with Crippen LogP contribution in [-0.4, -0.2) is 28.9 Å². The molecule has 1 aromatic rings. The molecule has 1 fully saturated rings. The Morgan fingerprint density at radius 2 is 2.00 bits per heavy atom. The summed E-state index contributed by atoms with van der Waals surface area (Å²) in [5.41, 5.74) is 0. The van der Waals surface area contributed by atoms with Gasteiger partial charge in [0.1, 0.15) is 5.82 Å². The van der Waals surface area contributed by atoms with Crippen LogP contribution in [0, 0.1) is 5.82 Å². The molecule has 1 aromatic carbocycles. The zero-order valence-electron chi connectivity index (χ0n) is 11.3. The van der Waals surface area contributed by atoms with E-state index < -0.39 is 6.10 Å². The molecule has 2 N–H and O–H groups in total. The molecule has 0 radical (unpaired) electrons. The van der Waals surface area contributed by atoms with Crippen LogP contribution in [0.5, 0.6) is 0 Å². The van der Waals surface area contributed by atoms with Crippen molar-refractivity contribution in [1.29, 1.82) is 0 Å². The zero-order valence-corrected chi connectivity index (χ0v) is 12.2. The van der Waals surface area contributed by atoms with Crippen LogP contribution in [-0.2, 0) is 4.79 Å². The lowest BCUT2D eigenvalue weighted by atomic mass is 9.92. The smallest absolute Gasteiger partial charge is 0.221 e. The van der Waals surface area contributed by atoms with Gasteiger partial charge >= 0.3 is 0 Å². The van der Waals surface area contributed by atoms with Crippen LogP contribution >= 0.6 is 11.8 Å². The summed E-state index contributed by atoms with van der Waals surface area (Å²) in [5, 5.41) is 12.7. The van der Waals surface area contributed by atoms with E-state index in [1.807, 2.05) is 0 Å². The average Bonchev–Trinajstić information content (AvgIpc) is 2.44. The Hall–Kier alpha value is -1.07. The Kier molecular flexibility index (Phi) is 5.86. The first-order chi connectivity index (χ1) is 9.65. The molecule has 1 aliphatic carbocycles. The van der Waals surface area contributed by atoms with E-state index >= 15 is 0 Å². The summed E-state index contributed by atoms with van der Waals surface area (Å²) in [7, 11) is 0. The molecule has 1 saturated carbocycles. The quantitative estimate of drug-likeness (QED) is 0.822. The van der Waals surface area contributed by atoms with Gasteiger partial charge in [-0.05, 0) is 37.1 Å². The molecule has 1 amide bonds. The zero-order chi connectivity index (χ0) is 14.4. The molecule has 1 aliphatic rings. The first-order valence-electron chi connectivity index (χ1n) is 7.01. The third-order valence-electron chi connectivity index (χ3n) is 3.49. The summed E-state index contributed by atoms with van der Waals surface area (Å²) in [4.78, 5) is 12.8. The van der Waals surface area contributed by atoms with Gasteiger partial charge in [0, 0.05) is 17.1 Å². The molecule has 0 unspecified atom stereocenters. The van der Waals surface area contributed by atoms with E-state index in [0.717, 1.165) is 30.6 Å². The maximum Gasteiger partial charge on any atom is 0.221 e. The second-order valence-corrected chi connectivity index (χ2v) is 6.25. The topological polar surface area (TPSA) is 49.3 Å². The van der Waals surface area contributed by atoms with E-state index in [9.17, 15) is 14.3 Å². The number of aliphatic hydroxyl groups excluding tert-OH is 1. The van der Waals surface area contributed by atoms with E-state index in [-0.39, 0.29) is 17.8 Å². The molecule has 0 bridgehead atoms. The van der Waals surface area contributed by atoms with Crippen LogP contribution in [0.25, 0.3) is 0 Å². The summed E-state index contributed by atoms with van der Waals surface area (Å²) in [5.74, 6) is 0.379. The second kappa shape index (κ2) is 7.64. The Morgan fingerprint density at radius 3 is 2.70 bits per heavy atom. The number of amides is 1. The molecule has 0 saturated heterocycles. The van der Waals surface area contributed by atoms with Gasteiger partial charge in [0.25, 0.3) is 0 Å². The number of hydrogen-bond donors (Lipinski definition) is 2. The monoisotopic (exact) mass is 297 g/mol. The summed E-state index contributed by atoms with van der Waals surface area (Å²) in [6, 6.07) is 6.17. The number of rotatable bonds is 5. The van der Waals surface area contributed by atoms with Crippen molar-refractivity contribution < 1.29 is 14.3 Å². The van der Waals surface area contributed by atoms with Crippen molar-refractivity contribution in [3.05, 3.63) is 30.1 Å². The predicted octanol–water partition coefficient (Wildman–Crippen LogP) is 2.73. The van der Waals surface area contributed by atoms with Crippen molar-refractivity contribution in [2.75, 3.05) is 5.75 Å². The van der Waals surface area contributed by atoms with Crippen molar-refractivity contribution in [3.63, 3.8) is 0 Å². The maximum atomic E-state index is 12.7. The highest BCUT2D eigenvalue weighted by Gasteiger charge is 2.24. The van der Waals surface area contributed by atoms with Crippen molar-refractivity contribution in [1.82, 2.24) is 5.32 Å². The SMILES string of the molecule is O=C(CCSc1ccc(F)cc1)N[C@@H]1CCCC[C@H]1O. The van der Waals surface area contributed by atoms with Crippen LogP contribution < -0.4 is 5.32 Å². The lowest BCUT2D eigenvalue weighted by Crippen LogP contribution is -2.45. The highest BCUT2D eigenvalue weighted by molar-refractivity contribution is 7.99. The summed E-state index contributed by atoms with van der Waals surface area (Å²) in [6.45, 7) is 0. The number of thioether (sulfide) groups is 1. The standard InChI is InChI=1S/C15H20FNO2S/c16-11-5-7-12(8-6-11)20-10-9-15(19)17-13-3-1-2-4-14(13)18/h5-8,13-14,18H,1-4,9-10H2,(H,17,19)/t13-,14-/m1/s1. The van der Waals surface area contributed by atoms with Crippen LogP contribution in [0.15, 0.2) is 29.2 Å². The fourth-order valence-electron chi connectivity index (χ4n) is 2.35. The van der Waals surface area contributed by atoms with E-state index in [0.29, 0.717) is 12.2 Å². The van der Waals surface area contributed by atoms with Gasteiger partial charge in [-0.1, -0.05) is 12.8 Å². The van der Waals surface area contributed by atoms with Gasteiger partial charge in [-0.3, -0.25) is 4.79 Å². The minimum absolute atomic E-state index is 0.0226. The number of benzene rings is 1. The highest BCUT2D eigenvalue weighted by Crippen LogP contribution is 2.20. The molecule has 0 heterocycles. The molecule has 110 valence electrons. The molecule has 2 atom stereocenters. The van der Waals surface area contributed by atoms with E-state index in [4.69, 9.17) is 0 Å². The summed E-state index contributed by atoms with van der Waals surface area (Å²) >= 11 is 1.53. The highest BCUT2D eigenvalue weighted by atomic mass is 32.2. The summed E-state index contributed by atoms with van der Waals surface area (Å²) in [6.07, 6.45) is 3.73. The van der Waals surface area contributed by atoms with Gasteiger partial charge < -0.3 is 10.4 Å². The summed E-state index contributed by atoms with van der Waals surface area (Å²) < 4.78 is 12.7. The largest absolute Gasteiger partial charge is 0.391 e. The van der Waals surface area contributed by atoms with Crippen LogP contribution in [0.3, 0.4) is 0 Å². The normalized spacial score (nSPS) is 22.5. The number of nitrogens with one attached hydrogen (secondary N) is 1. The van der Waals surface area contributed by atoms with Gasteiger partial charge in [-0.25, -0.2) is 4.39 Å². The van der Waals surface area contributed by atoms with E-state index in [2.05, 4.69) is 5.32 Å². The minimum atomic E-state index is -0.405. The molecule has 0 spiro atoms. The fourth-order valence-corrected chi connectivity index (χ4v) is 3.20. The Bertz CT molecular complexity index is 438. The Balaban J connectivity index is 1.68. The van der Waals surface area contributed by atoms with Crippen LogP contribution in [0.2, 0.25) is 0 Å². The predicted molar refractivity (Wildman–Crippen MR) is 78.1 cm³/mol. The maximum absolute atomic E-state index is 12.7. The fraction of sp³-hybridized carbons (Fsp3) is 0.533. The van der Waals surface area contributed by atoms with Gasteiger partial charge in [-0.2, -0.15) is 0 Å². The van der Waals surface area contributed by atoms with E-state index in [1.165, 1.54) is 23.9 Å². The number of carbonyl (C=O) groups excluding carboxylic acids is 1. The van der Waals surface area contributed by atoms with Crippen molar-refractivity contribution in [3.8, 4) is 0 Å². The third kappa shape index (κ3) is 4.80. The van der Waals surface area contributed by atoms with Crippen LogP contribution in [0.4, 0.5) is 4.39 Å². The van der Waals surface area contributed by atoms with Crippen molar-refractivity contribution >= 4 is 17.7 Å². The van der Waals surface area contributed by atoms with E-state index in [1.54, 1.807) is 12.1 Å². The lowest BCUT2D eigenvalue weighted by Gasteiger charge is -2.28. The number of carbonyl (C=O) groups is 1. The minimum Gasteiger partial charge on any atom is -0.391 e. The van der Waals surface area contributed by atoms with Gasteiger partial charge in [-0.15, -0.1) is 11.8 Å². The molecule has 0 aromatic heterocycles. The Morgan fingerprint density at radius 1 is 1.30 bits per heavy atom. The Labute approximate surface area is 123 Å². The van der Waals surface area contributed by atoms with Crippen LogP contribution in [0.1, 0.15) is 32.1 Å². The molecule has 20 heavy (non-hydrogen) atoms. The number of hydrogen-bond acceptors (Lipinski definition) is 3.